The lowest BCUT2D eigenvalue weighted by Crippen LogP contribution is -1.98. The molecule has 0 aliphatic rings. The normalized spacial score (nSPS) is 9.62. The van der Waals surface area contributed by atoms with Crippen LogP contribution in [0.2, 0.25) is 0 Å². The molecule has 0 unspecified atom stereocenters. The number of carbonyl (C=O) groups is 1. The van der Waals surface area contributed by atoms with E-state index in [1.807, 2.05) is 0 Å². The van der Waals surface area contributed by atoms with Gasteiger partial charge in [-0.1, -0.05) is 11.3 Å². The van der Waals surface area contributed by atoms with Crippen molar-refractivity contribution in [2.75, 3.05) is 7.11 Å². The second-order valence-electron chi connectivity index (χ2n) is 2.05. The molecule has 7 heteroatoms. The summed E-state index contributed by atoms with van der Waals surface area (Å²) in [6.45, 7) is 0. The molecule has 0 fully saturated rings. The highest BCUT2D eigenvalue weighted by Crippen LogP contribution is 2.37. The first-order valence-corrected chi connectivity index (χ1v) is 3.99. The maximum atomic E-state index is 10.5. The molecule has 1 N–H and O–H groups in total. The maximum absolute atomic E-state index is 10.5. The Labute approximate surface area is 76.5 Å². The summed E-state index contributed by atoms with van der Waals surface area (Å²) in [7, 11) is 1.20. The van der Waals surface area contributed by atoms with Crippen LogP contribution in [-0.2, 0) is 0 Å². The molecular weight excluding hydrogens is 198 g/mol. The number of thiophene rings is 1. The minimum absolute atomic E-state index is 0.181. The molecule has 0 aliphatic carbocycles. The van der Waals surface area contributed by atoms with Crippen molar-refractivity contribution < 1.29 is 19.6 Å². The lowest BCUT2D eigenvalue weighted by atomic mass is 10.3. The lowest BCUT2D eigenvalue weighted by molar-refractivity contribution is -0.381. The predicted octanol–water partition coefficient (Wildman–Crippen LogP) is 1.36. The first-order valence-electron chi connectivity index (χ1n) is 3.11. The Morgan fingerprint density at radius 1 is 1.77 bits per heavy atom. The minimum Gasteiger partial charge on any atom is -0.489 e. The van der Waals surface area contributed by atoms with E-state index < -0.39 is 10.9 Å². The van der Waals surface area contributed by atoms with Crippen molar-refractivity contribution in [3.8, 4) is 5.75 Å². The summed E-state index contributed by atoms with van der Waals surface area (Å²) >= 11 is 0.732. The molecule has 0 aromatic carbocycles. The van der Waals surface area contributed by atoms with E-state index in [-0.39, 0.29) is 16.3 Å². The third-order valence-electron chi connectivity index (χ3n) is 1.33. The third kappa shape index (κ3) is 1.59. The molecule has 1 aromatic rings. The first-order chi connectivity index (χ1) is 6.07. The summed E-state index contributed by atoms with van der Waals surface area (Å²) in [6.07, 6.45) is 0. The van der Waals surface area contributed by atoms with Crippen molar-refractivity contribution in [3.63, 3.8) is 0 Å². The highest BCUT2D eigenvalue weighted by atomic mass is 32.1. The summed E-state index contributed by atoms with van der Waals surface area (Å²) in [5.74, 6) is -1.43. The van der Waals surface area contributed by atoms with Gasteiger partial charge < -0.3 is 9.84 Å². The van der Waals surface area contributed by atoms with Crippen LogP contribution in [0.25, 0.3) is 0 Å². The maximum Gasteiger partial charge on any atom is 0.366 e. The molecular formula is C6H5NO5S. The lowest BCUT2D eigenvalue weighted by Gasteiger charge is -1.96. The van der Waals surface area contributed by atoms with Crippen LogP contribution in [0.1, 0.15) is 10.4 Å². The molecule has 1 rings (SSSR count). The van der Waals surface area contributed by atoms with Crippen LogP contribution < -0.4 is 4.74 Å². The van der Waals surface area contributed by atoms with Crippen molar-refractivity contribution in [1.82, 2.24) is 0 Å². The monoisotopic (exact) mass is 203 g/mol. The van der Waals surface area contributed by atoms with Crippen molar-refractivity contribution in [2.45, 2.75) is 0 Å². The standard InChI is InChI=1S/C6H5NO5S/c1-12-4-3(6(8)9)2-13-5(4)7(10)11/h2H,1H3,(H,8,9). The average Bonchev–Trinajstić information content (AvgIpc) is 2.46. The van der Waals surface area contributed by atoms with Crippen LogP contribution >= 0.6 is 11.3 Å². The summed E-state index contributed by atoms with van der Waals surface area (Å²) in [5, 5.41) is 19.8. The van der Waals surface area contributed by atoms with Gasteiger partial charge >= 0.3 is 11.0 Å². The summed E-state index contributed by atoms with van der Waals surface area (Å²) in [4.78, 5) is 20.2. The molecule has 0 atom stereocenters. The Morgan fingerprint density at radius 2 is 2.38 bits per heavy atom. The van der Waals surface area contributed by atoms with Crippen LogP contribution in [-0.4, -0.2) is 23.1 Å². The van der Waals surface area contributed by atoms with Gasteiger partial charge in [0, 0.05) is 5.38 Å². The molecule has 1 aromatic heterocycles. The topological polar surface area (TPSA) is 89.7 Å². The van der Waals surface area contributed by atoms with Crippen molar-refractivity contribution in [1.29, 1.82) is 0 Å². The van der Waals surface area contributed by atoms with Gasteiger partial charge in [-0.15, -0.1) is 0 Å². The number of rotatable bonds is 3. The summed E-state index contributed by atoms with van der Waals surface area (Å²) in [6, 6.07) is 0. The zero-order chi connectivity index (χ0) is 10.0. The molecule has 0 radical (unpaired) electrons. The fraction of sp³-hybridized carbons (Fsp3) is 0.167. The van der Waals surface area contributed by atoms with Gasteiger partial charge in [-0.2, -0.15) is 0 Å². The van der Waals surface area contributed by atoms with Crippen molar-refractivity contribution >= 4 is 22.3 Å². The first kappa shape index (κ1) is 9.46. The largest absolute Gasteiger partial charge is 0.489 e. The van der Waals surface area contributed by atoms with Crippen molar-refractivity contribution in [3.05, 3.63) is 21.1 Å². The zero-order valence-corrected chi connectivity index (χ0v) is 7.33. The van der Waals surface area contributed by atoms with Gasteiger partial charge in [0.15, 0.2) is 0 Å². The molecule has 6 nitrogen and oxygen atoms in total. The van der Waals surface area contributed by atoms with E-state index in [1.54, 1.807) is 0 Å². The highest BCUT2D eigenvalue weighted by molar-refractivity contribution is 7.14. The number of aromatic carboxylic acids is 1. The molecule has 70 valence electrons. The number of ether oxygens (including phenoxy) is 1. The fourth-order valence-corrected chi connectivity index (χ4v) is 1.63. The Balaban J connectivity index is 3.26. The second kappa shape index (κ2) is 3.40. The average molecular weight is 203 g/mol. The summed E-state index contributed by atoms with van der Waals surface area (Å²) in [5.41, 5.74) is -0.181. The Kier molecular flexibility index (Phi) is 2.47. The molecule has 13 heavy (non-hydrogen) atoms. The number of nitrogens with zero attached hydrogens (tertiary/aromatic N) is 1. The van der Waals surface area contributed by atoms with Crippen molar-refractivity contribution in [2.24, 2.45) is 0 Å². The van der Waals surface area contributed by atoms with E-state index in [2.05, 4.69) is 4.74 Å². The number of carboxylic acid groups (broad SMARTS) is 1. The zero-order valence-electron chi connectivity index (χ0n) is 6.51. The van der Waals surface area contributed by atoms with Gasteiger partial charge in [0.1, 0.15) is 5.56 Å². The van der Waals surface area contributed by atoms with Gasteiger partial charge in [-0.3, -0.25) is 10.1 Å². The van der Waals surface area contributed by atoms with E-state index in [0.717, 1.165) is 11.3 Å². The summed E-state index contributed by atoms with van der Waals surface area (Å²) < 4.78 is 4.63. The Morgan fingerprint density at radius 3 is 2.77 bits per heavy atom. The van der Waals surface area contributed by atoms with E-state index in [4.69, 9.17) is 5.11 Å². The van der Waals surface area contributed by atoms with Gasteiger partial charge in [-0.05, 0) is 0 Å². The van der Waals surface area contributed by atoms with E-state index in [0.29, 0.717) is 0 Å². The van der Waals surface area contributed by atoms with Crippen LogP contribution in [0.3, 0.4) is 0 Å². The second-order valence-corrected chi connectivity index (χ2v) is 2.91. The number of carboxylic acids is 1. The van der Waals surface area contributed by atoms with Gasteiger partial charge in [0.25, 0.3) is 0 Å². The fourth-order valence-electron chi connectivity index (χ4n) is 0.808. The minimum atomic E-state index is -1.23. The van der Waals surface area contributed by atoms with Gasteiger partial charge in [0.2, 0.25) is 5.75 Å². The molecule has 0 spiro atoms. The molecule has 0 aliphatic heterocycles. The number of methoxy groups -OCH3 is 1. The number of hydrogen-bond acceptors (Lipinski definition) is 5. The van der Waals surface area contributed by atoms with E-state index in [1.165, 1.54) is 12.5 Å². The highest BCUT2D eigenvalue weighted by Gasteiger charge is 2.25. The van der Waals surface area contributed by atoms with Gasteiger partial charge in [-0.25, -0.2) is 4.79 Å². The molecule has 0 saturated heterocycles. The van der Waals surface area contributed by atoms with Crippen LogP contribution in [0, 0.1) is 10.1 Å². The number of hydrogen-bond donors (Lipinski definition) is 1. The number of nitro groups is 1. The van der Waals surface area contributed by atoms with E-state index >= 15 is 0 Å². The molecule has 1 heterocycles. The Bertz CT molecular complexity index is 326. The quantitative estimate of drug-likeness (QED) is 0.591. The van der Waals surface area contributed by atoms with Crippen LogP contribution in [0.4, 0.5) is 5.00 Å². The predicted molar refractivity (Wildman–Crippen MR) is 44.5 cm³/mol. The van der Waals surface area contributed by atoms with Gasteiger partial charge in [0.05, 0.1) is 12.0 Å². The van der Waals surface area contributed by atoms with Crippen LogP contribution in [0.15, 0.2) is 5.38 Å². The molecule has 0 bridgehead atoms. The molecule has 0 amide bonds. The SMILES string of the molecule is COc1c(C(=O)O)csc1[N+](=O)[O-]. The van der Waals surface area contributed by atoms with E-state index in [9.17, 15) is 14.9 Å². The van der Waals surface area contributed by atoms with Crippen LogP contribution in [0.5, 0.6) is 5.75 Å². The Hall–Kier alpha value is -1.63. The molecule has 0 saturated carbocycles. The smallest absolute Gasteiger partial charge is 0.366 e. The third-order valence-corrected chi connectivity index (χ3v) is 2.24.